The third kappa shape index (κ3) is 5.16. The van der Waals surface area contributed by atoms with Gasteiger partial charge in [-0.1, -0.05) is 58.4 Å². The molecular weight excluding hydrogens is 428 g/mol. The first-order valence-corrected chi connectivity index (χ1v) is 11.9. The summed E-state index contributed by atoms with van der Waals surface area (Å²) in [5.74, 6) is 0.993. The molecule has 3 aliphatic rings. The summed E-state index contributed by atoms with van der Waals surface area (Å²) < 4.78 is 6.09. The molecule has 0 amide bonds. The van der Waals surface area contributed by atoms with Gasteiger partial charge in [-0.15, -0.1) is 0 Å². The van der Waals surface area contributed by atoms with E-state index in [2.05, 4.69) is 63.4 Å². The Hall–Kier alpha value is -3.16. The Morgan fingerprint density at radius 3 is 2.68 bits per heavy atom. The Balaban J connectivity index is 1.13. The van der Waals surface area contributed by atoms with E-state index < -0.39 is 0 Å². The van der Waals surface area contributed by atoms with Gasteiger partial charge in [0.05, 0.1) is 12.1 Å². The molecule has 0 aliphatic carbocycles. The zero-order valence-corrected chi connectivity index (χ0v) is 19.9. The lowest BCUT2D eigenvalue weighted by molar-refractivity contribution is 0.0101. The van der Waals surface area contributed by atoms with E-state index >= 15 is 0 Å². The van der Waals surface area contributed by atoms with Gasteiger partial charge in [0, 0.05) is 44.8 Å². The Morgan fingerprint density at radius 1 is 1.09 bits per heavy atom. The first-order chi connectivity index (χ1) is 16.7. The molecule has 1 fully saturated rings. The molecule has 2 aromatic carbocycles. The van der Waals surface area contributed by atoms with Crippen molar-refractivity contribution >= 4 is 18.0 Å². The molecule has 0 spiro atoms. The van der Waals surface area contributed by atoms with Crippen LogP contribution in [0, 0.1) is 5.92 Å². The molecule has 0 bridgehead atoms. The van der Waals surface area contributed by atoms with Crippen molar-refractivity contribution in [2.45, 2.75) is 13.0 Å². The highest BCUT2D eigenvalue weighted by Gasteiger charge is 2.40. The first-order valence-electron chi connectivity index (χ1n) is 11.9. The molecule has 2 atom stereocenters. The van der Waals surface area contributed by atoms with Crippen LogP contribution in [0.3, 0.4) is 0 Å². The van der Waals surface area contributed by atoms with Gasteiger partial charge in [0.2, 0.25) is 0 Å². The largest absolute Gasteiger partial charge is 0.492 e. The zero-order chi connectivity index (χ0) is 23.3. The van der Waals surface area contributed by atoms with Gasteiger partial charge in [-0.05, 0) is 30.2 Å². The van der Waals surface area contributed by atoms with Crippen molar-refractivity contribution in [3.63, 3.8) is 0 Å². The van der Waals surface area contributed by atoms with Gasteiger partial charge in [0.25, 0.3) is 0 Å². The summed E-state index contributed by atoms with van der Waals surface area (Å²) in [5, 5.41) is 8.29. The molecular formula is C27H32N4O3. The fourth-order valence-electron chi connectivity index (χ4n) is 4.90. The standard InChI is InChI=1S/C27H32N4O3/c1-20(14-21-6-4-3-5-7-21)17-30-10-12-31(13-11-30)18-26-24-19-33-25-15-22(16-28-32-2)8-9-23(25)27(24)29-34-26/h3-9,14-16,24,26H,10-13,17-19H2,1-2H3. The molecule has 5 rings (SSSR count). The fraction of sp³-hybridized carbons (Fsp3) is 0.407. The van der Waals surface area contributed by atoms with Crippen LogP contribution in [0.2, 0.25) is 0 Å². The van der Waals surface area contributed by atoms with Crippen molar-refractivity contribution in [1.29, 1.82) is 0 Å². The molecule has 178 valence electrons. The Bertz CT molecular complexity index is 1070. The maximum atomic E-state index is 6.09. The second-order valence-corrected chi connectivity index (χ2v) is 9.19. The van der Waals surface area contributed by atoms with Crippen molar-refractivity contribution in [2.24, 2.45) is 16.2 Å². The predicted molar refractivity (Wildman–Crippen MR) is 134 cm³/mol. The molecule has 3 heterocycles. The maximum absolute atomic E-state index is 6.09. The monoisotopic (exact) mass is 460 g/mol. The number of hydrogen-bond acceptors (Lipinski definition) is 7. The van der Waals surface area contributed by atoms with Gasteiger partial charge >= 0.3 is 0 Å². The molecule has 7 heteroatoms. The van der Waals surface area contributed by atoms with E-state index in [0.717, 1.165) is 61.9 Å². The van der Waals surface area contributed by atoms with Crippen molar-refractivity contribution in [3.8, 4) is 5.75 Å². The second-order valence-electron chi connectivity index (χ2n) is 9.19. The smallest absolute Gasteiger partial charge is 0.151 e. The summed E-state index contributed by atoms with van der Waals surface area (Å²) in [5.41, 5.74) is 5.61. The van der Waals surface area contributed by atoms with E-state index in [1.54, 1.807) is 6.21 Å². The second kappa shape index (κ2) is 10.4. The molecule has 2 unspecified atom stereocenters. The van der Waals surface area contributed by atoms with Crippen LogP contribution in [0.4, 0.5) is 0 Å². The summed E-state index contributed by atoms with van der Waals surface area (Å²) in [6.07, 6.45) is 3.99. The topological polar surface area (TPSA) is 58.9 Å². The minimum absolute atomic E-state index is 0.0316. The maximum Gasteiger partial charge on any atom is 0.151 e. The van der Waals surface area contributed by atoms with Gasteiger partial charge in [-0.2, -0.15) is 0 Å². The van der Waals surface area contributed by atoms with Crippen molar-refractivity contribution in [1.82, 2.24) is 9.80 Å². The van der Waals surface area contributed by atoms with Crippen LogP contribution >= 0.6 is 0 Å². The number of nitrogens with zero attached hydrogens (tertiary/aromatic N) is 4. The zero-order valence-electron chi connectivity index (χ0n) is 19.9. The molecule has 0 N–H and O–H groups in total. The molecule has 0 aromatic heterocycles. The van der Waals surface area contributed by atoms with Gasteiger partial charge < -0.3 is 14.4 Å². The van der Waals surface area contributed by atoms with E-state index in [-0.39, 0.29) is 12.0 Å². The lowest BCUT2D eigenvalue weighted by atomic mass is 9.89. The van der Waals surface area contributed by atoms with E-state index in [1.165, 1.54) is 18.2 Å². The minimum Gasteiger partial charge on any atom is -0.492 e. The van der Waals surface area contributed by atoms with Gasteiger partial charge in [0.1, 0.15) is 25.2 Å². The molecule has 1 saturated heterocycles. The van der Waals surface area contributed by atoms with Crippen LogP contribution in [0.5, 0.6) is 5.75 Å². The van der Waals surface area contributed by atoms with Crippen LogP contribution in [0.25, 0.3) is 6.08 Å². The van der Waals surface area contributed by atoms with E-state index in [9.17, 15) is 0 Å². The predicted octanol–water partition coefficient (Wildman–Crippen LogP) is 3.50. The SMILES string of the molecule is CON=Cc1ccc2c(c1)OCC1C2=NOC1CN1CCN(CC(C)=Cc2ccccc2)CC1. The van der Waals surface area contributed by atoms with Crippen molar-refractivity contribution < 1.29 is 14.4 Å². The Labute approximate surface area is 201 Å². The fourth-order valence-corrected chi connectivity index (χ4v) is 4.90. The van der Waals surface area contributed by atoms with E-state index in [1.807, 2.05) is 18.2 Å². The van der Waals surface area contributed by atoms with E-state index in [0.29, 0.717) is 6.61 Å². The van der Waals surface area contributed by atoms with Crippen molar-refractivity contribution in [3.05, 3.63) is 70.8 Å². The normalized spacial score (nSPS) is 23.1. The lowest BCUT2D eigenvalue weighted by Crippen LogP contribution is -2.50. The van der Waals surface area contributed by atoms with Crippen LogP contribution in [0.1, 0.15) is 23.6 Å². The quantitative estimate of drug-likeness (QED) is 0.468. The Kier molecular flexibility index (Phi) is 6.92. The molecule has 3 aliphatic heterocycles. The highest BCUT2D eigenvalue weighted by molar-refractivity contribution is 6.06. The third-order valence-corrected chi connectivity index (χ3v) is 6.68. The summed E-state index contributed by atoms with van der Waals surface area (Å²) >= 11 is 0. The average molecular weight is 461 g/mol. The average Bonchev–Trinajstić information content (AvgIpc) is 3.27. The van der Waals surface area contributed by atoms with Crippen LogP contribution in [-0.2, 0) is 9.68 Å². The van der Waals surface area contributed by atoms with Crippen LogP contribution < -0.4 is 4.74 Å². The van der Waals surface area contributed by atoms with Gasteiger partial charge in [-0.3, -0.25) is 9.80 Å². The van der Waals surface area contributed by atoms with Crippen LogP contribution in [-0.4, -0.2) is 80.8 Å². The number of fused-ring (bicyclic) bond motifs is 3. The number of ether oxygens (including phenoxy) is 1. The molecule has 7 nitrogen and oxygen atoms in total. The van der Waals surface area contributed by atoms with Crippen molar-refractivity contribution in [2.75, 3.05) is 53.0 Å². The summed E-state index contributed by atoms with van der Waals surface area (Å²) in [4.78, 5) is 15.7. The number of hydrogen-bond donors (Lipinski definition) is 0. The third-order valence-electron chi connectivity index (χ3n) is 6.68. The lowest BCUT2D eigenvalue weighted by Gasteiger charge is -2.36. The van der Waals surface area contributed by atoms with Crippen LogP contribution in [0.15, 0.2) is 64.4 Å². The van der Waals surface area contributed by atoms with E-state index in [4.69, 9.17) is 14.4 Å². The number of oxime groups is 2. The van der Waals surface area contributed by atoms with Gasteiger partial charge in [-0.25, -0.2) is 0 Å². The first kappa shape index (κ1) is 22.6. The minimum atomic E-state index is 0.0316. The number of benzene rings is 2. The summed E-state index contributed by atoms with van der Waals surface area (Å²) in [6, 6.07) is 16.5. The van der Waals surface area contributed by atoms with Gasteiger partial charge in [0.15, 0.2) is 6.10 Å². The molecule has 0 saturated carbocycles. The molecule has 2 aromatic rings. The Morgan fingerprint density at radius 2 is 1.88 bits per heavy atom. The molecule has 0 radical (unpaired) electrons. The summed E-state index contributed by atoms with van der Waals surface area (Å²) in [7, 11) is 1.53. The highest BCUT2D eigenvalue weighted by atomic mass is 16.6. The number of piperazine rings is 1. The number of rotatable bonds is 7. The summed E-state index contributed by atoms with van der Waals surface area (Å²) in [6.45, 7) is 8.91. The molecule has 34 heavy (non-hydrogen) atoms. The highest BCUT2D eigenvalue weighted by Crippen LogP contribution is 2.34.